The first kappa shape index (κ1) is 19.8. The monoisotopic (exact) mass is 418 g/mol. The average molecular weight is 419 g/mol. The summed E-state index contributed by atoms with van der Waals surface area (Å²) in [5.41, 5.74) is 1.58. The lowest BCUT2D eigenvalue weighted by Gasteiger charge is -2.40. The number of sulfonamides is 1. The van der Waals surface area contributed by atoms with Gasteiger partial charge in [-0.3, -0.25) is 5.10 Å². The van der Waals surface area contributed by atoms with Gasteiger partial charge in [-0.25, -0.2) is 13.1 Å². The van der Waals surface area contributed by atoms with Crippen LogP contribution in [0.4, 0.5) is 5.82 Å². The van der Waals surface area contributed by atoms with Gasteiger partial charge in [0, 0.05) is 31.0 Å². The van der Waals surface area contributed by atoms with Crippen molar-refractivity contribution in [3.8, 4) is 0 Å². The van der Waals surface area contributed by atoms with Gasteiger partial charge in [-0.05, 0) is 26.0 Å². The van der Waals surface area contributed by atoms with Crippen LogP contribution < -0.4 is 9.62 Å². The average Bonchev–Trinajstić information content (AvgIpc) is 3.16. The molecular formula is C18H26N8O2S. The third kappa shape index (κ3) is 3.60. The first-order valence-electron chi connectivity index (χ1n) is 9.55. The van der Waals surface area contributed by atoms with E-state index < -0.39 is 10.0 Å². The van der Waals surface area contributed by atoms with E-state index in [4.69, 9.17) is 5.10 Å². The minimum atomic E-state index is -3.57. The highest BCUT2D eigenvalue weighted by atomic mass is 32.2. The summed E-state index contributed by atoms with van der Waals surface area (Å²) in [4.78, 5) is 2.36. The quantitative estimate of drug-likeness (QED) is 0.638. The number of aromatic nitrogens is 6. The lowest BCUT2D eigenvalue weighted by molar-refractivity contribution is 0.401. The Morgan fingerprint density at radius 1 is 1.21 bits per heavy atom. The summed E-state index contributed by atoms with van der Waals surface area (Å²) in [6, 6.07) is 3.83. The normalized spacial score (nSPS) is 15.8. The first-order chi connectivity index (χ1) is 13.6. The van der Waals surface area contributed by atoms with E-state index in [-0.39, 0.29) is 16.2 Å². The van der Waals surface area contributed by atoms with Gasteiger partial charge in [-0.2, -0.15) is 9.61 Å². The predicted molar refractivity (Wildman–Crippen MR) is 108 cm³/mol. The summed E-state index contributed by atoms with van der Waals surface area (Å²) in [6.07, 6.45) is 0. The van der Waals surface area contributed by atoms with E-state index in [9.17, 15) is 8.42 Å². The Morgan fingerprint density at radius 2 is 1.93 bits per heavy atom. The van der Waals surface area contributed by atoms with E-state index in [0.717, 1.165) is 30.4 Å². The molecule has 0 unspecified atom stereocenters. The molecule has 11 heteroatoms. The highest BCUT2D eigenvalue weighted by Crippen LogP contribution is 2.25. The molecular weight excluding hydrogens is 392 g/mol. The van der Waals surface area contributed by atoms with Gasteiger partial charge in [0.15, 0.2) is 11.5 Å². The summed E-state index contributed by atoms with van der Waals surface area (Å²) >= 11 is 0. The Balaban J connectivity index is 1.41. The van der Waals surface area contributed by atoms with Gasteiger partial charge in [0.2, 0.25) is 10.0 Å². The smallest absolute Gasteiger partial charge is 0.244 e. The molecule has 10 nitrogen and oxygen atoms in total. The van der Waals surface area contributed by atoms with E-state index >= 15 is 0 Å². The summed E-state index contributed by atoms with van der Waals surface area (Å²) in [6.45, 7) is 11.5. The summed E-state index contributed by atoms with van der Waals surface area (Å²) in [7, 11) is -3.57. The van der Waals surface area contributed by atoms with Crippen molar-refractivity contribution in [3.05, 3.63) is 29.3 Å². The number of nitrogens with zero attached hydrogens (tertiary/aromatic N) is 6. The third-order valence-corrected chi connectivity index (χ3v) is 6.78. The molecule has 0 spiro atoms. The molecule has 3 aromatic heterocycles. The molecule has 1 aliphatic heterocycles. The highest BCUT2D eigenvalue weighted by molar-refractivity contribution is 7.89. The van der Waals surface area contributed by atoms with Crippen LogP contribution in [0, 0.1) is 19.8 Å². The van der Waals surface area contributed by atoms with Crippen LogP contribution in [0.3, 0.4) is 0 Å². The molecule has 3 aromatic rings. The van der Waals surface area contributed by atoms with Crippen LogP contribution in [0.5, 0.6) is 0 Å². The molecule has 0 amide bonds. The van der Waals surface area contributed by atoms with Crippen molar-refractivity contribution in [1.29, 1.82) is 0 Å². The van der Waals surface area contributed by atoms with Gasteiger partial charge in [0.1, 0.15) is 10.7 Å². The largest absolute Gasteiger partial charge is 0.354 e. The molecule has 0 atom stereocenters. The zero-order valence-corrected chi connectivity index (χ0v) is 18.1. The molecule has 0 bridgehead atoms. The fraction of sp³-hybridized carbons (Fsp3) is 0.556. The Hall–Kier alpha value is -2.53. The maximum Gasteiger partial charge on any atom is 0.244 e. The van der Waals surface area contributed by atoms with Crippen molar-refractivity contribution < 1.29 is 8.42 Å². The van der Waals surface area contributed by atoms with E-state index in [2.05, 4.69) is 50.8 Å². The van der Waals surface area contributed by atoms with Gasteiger partial charge in [-0.1, -0.05) is 20.8 Å². The van der Waals surface area contributed by atoms with E-state index in [0.29, 0.717) is 17.9 Å². The van der Waals surface area contributed by atoms with Crippen molar-refractivity contribution in [2.45, 2.75) is 44.9 Å². The number of rotatable bonds is 5. The minimum absolute atomic E-state index is 0.163. The molecule has 1 fully saturated rings. The lowest BCUT2D eigenvalue weighted by Crippen LogP contribution is -2.52. The molecule has 4 heterocycles. The molecule has 2 N–H and O–H groups in total. The van der Waals surface area contributed by atoms with Crippen LogP contribution in [0.1, 0.15) is 38.0 Å². The topological polar surface area (TPSA) is 121 Å². The van der Waals surface area contributed by atoms with Crippen molar-refractivity contribution >= 4 is 21.5 Å². The van der Waals surface area contributed by atoms with Gasteiger partial charge >= 0.3 is 0 Å². The van der Waals surface area contributed by atoms with Crippen LogP contribution in [0.2, 0.25) is 0 Å². The van der Waals surface area contributed by atoms with Crippen LogP contribution in [-0.4, -0.2) is 58.1 Å². The van der Waals surface area contributed by atoms with Gasteiger partial charge < -0.3 is 4.90 Å². The van der Waals surface area contributed by atoms with Crippen molar-refractivity contribution in [2.75, 3.05) is 24.5 Å². The zero-order chi connectivity index (χ0) is 21.0. The fourth-order valence-electron chi connectivity index (χ4n) is 3.54. The fourth-order valence-corrected chi connectivity index (χ4v) is 5.02. The number of hydrogen-bond acceptors (Lipinski definition) is 7. The number of nitrogens with one attached hydrogen (secondary N) is 2. The second kappa shape index (κ2) is 6.77. The SMILES string of the molecule is Cc1n[nH]c(C)c1S(=O)(=O)NCC1CN(c2ccc3nnc(C(C)(C)C)n3n2)C1. The first-order valence-corrected chi connectivity index (χ1v) is 11.0. The Kier molecular flexibility index (Phi) is 4.61. The highest BCUT2D eigenvalue weighted by Gasteiger charge is 2.31. The number of aromatic amines is 1. The molecule has 0 radical (unpaired) electrons. The molecule has 0 aliphatic carbocycles. The Morgan fingerprint density at radius 3 is 2.55 bits per heavy atom. The van der Waals surface area contributed by atoms with Gasteiger partial charge in [0.25, 0.3) is 0 Å². The molecule has 0 aromatic carbocycles. The standard InChI is InChI=1S/C18H26N8O2S/c1-11-16(12(2)21-20-11)29(27,28)19-8-13-9-25(10-13)15-7-6-14-22-23-17(18(3,4)5)26(14)24-15/h6-7,13,19H,8-10H2,1-5H3,(H,20,21). The number of fused-ring (bicyclic) bond motifs is 1. The zero-order valence-electron chi connectivity index (χ0n) is 17.3. The maximum absolute atomic E-state index is 12.6. The van der Waals surface area contributed by atoms with Crippen LogP contribution in [-0.2, 0) is 15.4 Å². The molecule has 4 rings (SSSR count). The summed E-state index contributed by atoms with van der Waals surface area (Å²) < 4.78 is 29.6. The van der Waals surface area contributed by atoms with E-state index in [1.807, 2.05) is 12.1 Å². The van der Waals surface area contributed by atoms with Crippen LogP contribution in [0.25, 0.3) is 5.65 Å². The van der Waals surface area contributed by atoms with Crippen LogP contribution >= 0.6 is 0 Å². The van der Waals surface area contributed by atoms with Crippen molar-refractivity contribution in [3.63, 3.8) is 0 Å². The molecule has 1 aliphatic rings. The number of anilines is 1. The Bertz CT molecular complexity index is 1130. The second-order valence-corrected chi connectivity index (χ2v) is 10.3. The maximum atomic E-state index is 12.6. The summed E-state index contributed by atoms with van der Waals surface area (Å²) in [5, 5.41) is 19.8. The minimum Gasteiger partial charge on any atom is -0.354 e. The number of aryl methyl sites for hydroxylation is 2. The number of H-pyrrole nitrogens is 1. The number of hydrogen-bond donors (Lipinski definition) is 2. The third-order valence-electron chi connectivity index (χ3n) is 5.09. The van der Waals surface area contributed by atoms with Gasteiger partial charge in [-0.15, -0.1) is 15.3 Å². The van der Waals surface area contributed by atoms with Crippen molar-refractivity contribution in [1.82, 2.24) is 34.7 Å². The van der Waals surface area contributed by atoms with Crippen LogP contribution in [0.15, 0.2) is 17.0 Å². The lowest BCUT2D eigenvalue weighted by atomic mass is 9.96. The van der Waals surface area contributed by atoms with E-state index in [1.165, 1.54) is 0 Å². The molecule has 29 heavy (non-hydrogen) atoms. The van der Waals surface area contributed by atoms with E-state index in [1.54, 1.807) is 18.4 Å². The van der Waals surface area contributed by atoms with Gasteiger partial charge in [0.05, 0.1) is 11.4 Å². The predicted octanol–water partition coefficient (Wildman–Crippen LogP) is 1.18. The molecule has 0 saturated carbocycles. The van der Waals surface area contributed by atoms with Crippen molar-refractivity contribution in [2.24, 2.45) is 5.92 Å². The summed E-state index contributed by atoms with van der Waals surface area (Å²) in [5.74, 6) is 1.87. The Labute approximate surface area is 169 Å². The molecule has 1 saturated heterocycles. The second-order valence-electron chi connectivity index (χ2n) is 8.62. The molecule has 156 valence electrons.